The molecule has 3 rings (SSSR count). The molecular formula is C27H30N2O5. The molecule has 0 unspecified atom stereocenters. The van der Waals surface area contributed by atoms with Crippen LogP contribution in [0, 0.1) is 0 Å². The van der Waals surface area contributed by atoms with Gasteiger partial charge in [0.1, 0.15) is 23.0 Å². The molecule has 178 valence electrons. The fourth-order valence-electron chi connectivity index (χ4n) is 2.86. The van der Waals surface area contributed by atoms with Gasteiger partial charge in [-0.2, -0.15) is 5.10 Å². The molecule has 0 fully saturated rings. The summed E-state index contributed by atoms with van der Waals surface area (Å²) in [5, 5.41) is 4.10. The molecule has 7 nitrogen and oxygen atoms in total. The minimum Gasteiger partial charge on any atom is -0.493 e. The van der Waals surface area contributed by atoms with Gasteiger partial charge in [-0.15, -0.1) is 0 Å². The molecular weight excluding hydrogens is 432 g/mol. The average molecular weight is 463 g/mol. The number of rotatable bonds is 13. The van der Waals surface area contributed by atoms with Gasteiger partial charge >= 0.3 is 12.2 Å². The summed E-state index contributed by atoms with van der Waals surface area (Å²) >= 11 is 0. The van der Waals surface area contributed by atoms with Crippen molar-refractivity contribution in [3.05, 3.63) is 84.4 Å². The lowest BCUT2D eigenvalue weighted by molar-refractivity contribution is -0.140. The molecule has 1 amide bonds. The van der Waals surface area contributed by atoms with Gasteiger partial charge in [-0.3, -0.25) is 4.79 Å². The number of amides is 1. The molecule has 0 saturated heterocycles. The molecule has 3 aromatic carbocycles. The van der Waals surface area contributed by atoms with Crippen molar-refractivity contribution >= 4 is 12.1 Å². The summed E-state index contributed by atoms with van der Waals surface area (Å²) in [5.41, 5.74) is 3.21. The second-order valence-electron chi connectivity index (χ2n) is 7.32. The standard InChI is InChI=1S/C27H30N2O5/c1-3-17-31-24-16-15-21(25(19-24)32-18-4-2)20-28-29-26(30)27(33-22-11-7-5-8-12-22)34-23-13-9-6-10-14-23/h5-16,19-20,27H,3-4,17-18H2,1-2H3,(H,29,30). The Labute approximate surface area is 200 Å². The molecule has 0 spiro atoms. The van der Waals surface area contributed by atoms with E-state index in [9.17, 15) is 4.79 Å². The van der Waals surface area contributed by atoms with Crippen molar-refractivity contribution in [1.29, 1.82) is 0 Å². The molecule has 0 aromatic heterocycles. The van der Waals surface area contributed by atoms with Crippen LogP contribution in [0.15, 0.2) is 84.0 Å². The molecule has 0 atom stereocenters. The van der Waals surface area contributed by atoms with Gasteiger partial charge in [-0.05, 0) is 49.2 Å². The summed E-state index contributed by atoms with van der Waals surface area (Å²) in [5.74, 6) is 1.80. The minimum absolute atomic E-state index is 0.500. The summed E-state index contributed by atoms with van der Waals surface area (Å²) in [6.45, 7) is 5.27. The SMILES string of the molecule is CCCOc1ccc(C=NNC(=O)C(Oc2ccccc2)Oc2ccccc2)c(OCCC)c1. The molecule has 0 aliphatic heterocycles. The Morgan fingerprint density at radius 2 is 1.41 bits per heavy atom. The van der Waals surface area contributed by atoms with Crippen LogP contribution in [0.4, 0.5) is 0 Å². The van der Waals surface area contributed by atoms with Crippen molar-refractivity contribution in [2.45, 2.75) is 33.0 Å². The zero-order chi connectivity index (χ0) is 24.0. The first-order chi connectivity index (χ1) is 16.7. The van der Waals surface area contributed by atoms with Crippen LogP contribution < -0.4 is 24.4 Å². The topological polar surface area (TPSA) is 78.4 Å². The van der Waals surface area contributed by atoms with E-state index in [4.69, 9.17) is 18.9 Å². The van der Waals surface area contributed by atoms with Gasteiger partial charge in [0.2, 0.25) is 0 Å². The van der Waals surface area contributed by atoms with Crippen molar-refractivity contribution in [2.75, 3.05) is 13.2 Å². The molecule has 0 aliphatic carbocycles. The Kier molecular flexibility index (Phi) is 9.80. The van der Waals surface area contributed by atoms with Gasteiger partial charge in [-0.25, -0.2) is 5.43 Å². The quantitative estimate of drug-likeness (QED) is 0.215. The van der Waals surface area contributed by atoms with E-state index in [2.05, 4.69) is 17.5 Å². The van der Waals surface area contributed by atoms with E-state index in [-0.39, 0.29) is 0 Å². The lowest BCUT2D eigenvalue weighted by Crippen LogP contribution is -2.40. The highest BCUT2D eigenvalue weighted by molar-refractivity contribution is 5.86. The van der Waals surface area contributed by atoms with E-state index in [0.29, 0.717) is 36.0 Å². The largest absolute Gasteiger partial charge is 0.493 e. The monoisotopic (exact) mass is 462 g/mol. The summed E-state index contributed by atoms with van der Waals surface area (Å²) in [7, 11) is 0. The fourth-order valence-corrected chi connectivity index (χ4v) is 2.86. The first kappa shape index (κ1) is 24.6. The number of carbonyl (C=O) groups excluding carboxylic acids is 1. The van der Waals surface area contributed by atoms with Crippen molar-refractivity contribution in [1.82, 2.24) is 5.43 Å². The summed E-state index contributed by atoms with van der Waals surface area (Å²) in [4.78, 5) is 12.8. The molecule has 3 aromatic rings. The van der Waals surface area contributed by atoms with Gasteiger partial charge in [0.15, 0.2) is 0 Å². The van der Waals surface area contributed by atoms with Crippen molar-refractivity contribution < 1.29 is 23.7 Å². The van der Waals surface area contributed by atoms with E-state index < -0.39 is 12.2 Å². The van der Waals surface area contributed by atoms with E-state index in [0.717, 1.165) is 18.6 Å². The number of nitrogens with zero attached hydrogens (tertiary/aromatic N) is 1. The number of nitrogens with one attached hydrogen (secondary N) is 1. The van der Waals surface area contributed by atoms with E-state index in [1.807, 2.05) is 61.5 Å². The molecule has 0 bridgehead atoms. The van der Waals surface area contributed by atoms with Crippen molar-refractivity contribution in [2.24, 2.45) is 5.10 Å². The Hall–Kier alpha value is -4.00. The third-order valence-corrected chi connectivity index (χ3v) is 4.48. The van der Waals surface area contributed by atoms with E-state index in [1.165, 1.54) is 6.21 Å². The van der Waals surface area contributed by atoms with Gasteiger partial charge in [0.05, 0.1) is 19.4 Å². The fraction of sp³-hybridized carbons (Fsp3) is 0.259. The summed E-state index contributed by atoms with van der Waals surface area (Å²) in [6.07, 6.45) is 2.07. The van der Waals surface area contributed by atoms with Gasteiger partial charge < -0.3 is 18.9 Å². The van der Waals surface area contributed by atoms with Gasteiger partial charge in [0.25, 0.3) is 0 Å². The Balaban J connectivity index is 1.71. The Morgan fingerprint density at radius 3 is 2.00 bits per heavy atom. The third kappa shape index (κ3) is 7.85. The number of hydrogen-bond acceptors (Lipinski definition) is 6. The Bertz CT molecular complexity index is 1000. The maximum atomic E-state index is 12.8. The molecule has 0 aliphatic rings. The molecule has 0 radical (unpaired) electrons. The van der Waals surface area contributed by atoms with Crippen LogP contribution in [0.1, 0.15) is 32.3 Å². The smallest absolute Gasteiger partial charge is 0.323 e. The minimum atomic E-state index is -1.23. The second-order valence-corrected chi connectivity index (χ2v) is 7.32. The molecule has 34 heavy (non-hydrogen) atoms. The molecule has 0 heterocycles. The van der Waals surface area contributed by atoms with Crippen molar-refractivity contribution in [3.63, 3.8) is 0 Å². The lowest BCUT2D eigenvalue weighted by Gasteiger charge is -2.18. The number of ether oxygens (including phenoxy) is 4. The highest BCUT2D eigenvalue weighted by atomic mass is 16.7. The lowest BCUT2D eigenvalue weighted by atomic mass is 10.2. The van der Waals surface area contributed by atoms with Crippen molar-refractivity contribution in [3.8, 4) is 23.0 Å². The molecule has 0 saturated carbocycles. The zero-order valence-electron chi connectivity index (χ0n) is 19.5. The normalized spacial score (nSPS) is 10.8. The Morgan fingerprint density at radius 1 is 0.824 bits per heavy atom. The first-order valence-electron chi connectivity index (χ1n) is 11.4. The van der Waals surface area contributed by atoms with Crippen LogP contribution in [0.2, 0.25) is 0 Å². The maximum Gasteiger partial charge on any atom is 0.323 e. The van der Waals surface area contributed by atoms with Crippen LogP contribution in [0.5, 0.6) is 23.0 Å². The third-order valence-electron chi connectivity index (χ3n) is 4.48. The number of carbonyl (C=O) groups is 1. The average Bonchev–Trinajstić information content (AvgIpc) is 2.87. The van der Waals surface area contributed by atoms with Crippen LogP contribution in [-0.4, -0.2) is 31.6 Å². The van der Waals surface area contributed by atoms with Crippen LogP contribution in [0.3, 0.4) is 0 Å². The molecule has 1 N–H and O–H groups in total. The first-order valence-corrected chi connectivity index (χ1v) is 11.4. The highest BCUT2D eigenvalue weighted by Gasteiger charge is 2.22. The van der Waals surface area contributed by atoms with Gasteiger partial charge in [0, 0.05) is 11.6 Å². The van der Waals surface area contributed by atoms with Crippen LogP contribution in [0.25, 0.3) is 0 Å². The van der Waals surface area contributed by atoms with Crippen LogP contribution >= 0.6 is 0 Å². The maximum absolute atomic E-state index is 12.8. The predicted octanol–water partition coefficient (Wildman–Crippen LogP) is 5.20. The van der Waals surface area contributed by atoms with E-state index >= 15 is 0 Å². The molecule has 7 heteroatoms. The van der Waals surface area contributed by atoms with Gasteiger partial charge in [-0.1, -0.05) is 50.2 Å². The van der Waals surface area contributed by atoms with Crippen LogP contribution in [-0.2, 0) is 4.79 Å². The summed E-state index contributed by atoms with van der Waals surface area (Å²) < 4.78 is 23.1. The summed E-state index contributed by atoms with van der Waals surface area (Å²) in [6, 6.07) is 23.5. The second kappa shape index (κ2) is 13.5. The number of para-hydroxylation sites is 2. The number of benzene rings is 3. The predicted molar refractivity (Wildman–Crippen MR) is 132 cm³/mol. The number of hydrogen-bond donors (Lipinski definition) is 1. The highest BCUT2D eigenvalue weighted by Crippen LogP contribution is 2.24. The number of hydrazone groups is 1. The zero-order valence-corrected chi connectivity index (χ0v) is 19.5. The van der Waals surface area contributed by atoms with E-state index in [1.54, 1.807) is 24.3 Å².